The second-order valence-corrected chi connectivity index (χ2v) is 10.4. The number of pyridine rings is 2. The molecule has 198 valence electrons. The average molecular weight is 531 g/mol. The van der Waals surface area contributed by atoms with Crippen LogP contribution in [0.2, 0.25) is 0 Å². The van der Waals surface area contributed by atoms with Crippen molar-refractivity contribution in [3.05, 3.63) is 85.1 Å². The Morgan fingerprint density at radius 3 is 2.48 bits per heavy atom. The molecule has 0 unspecified atom stereocenters. The standard InChI is InChI=1S/C32H27FN6O/c33-23-9-6-19(7-10-23)30-26-16-29(37-27(26)12-13-35-30)31-25-15-21(8-11-28(25)38-39-31)22-14-24(18-34-17-22)36-32(40)20-4-2-1-3-5-20/h6-18,20,37H,1-5H2,(H,36,40)(H,38,39). The number of rotatable bonds is 5. The van der Waals surface area contributed by atoms with E-state index < -0.39 is 0 Å². The van der Waals surface area contributed by atoms with Gasteiger partial charge in [0.1, 0.15) is 11.5 Å². The highest BCUT2D eigenvalue weighted by Crippen LogP contribution is 2.35. The molecule has 7 nitrogen and oxygen atoms in total. The van der Waals surface area contributed by atoms with Gasteiger partial charge in [0.05, 0.1) is 28.8 Å². The van der Waals surface area contributed by atoms with E-state index in [9.17, 15) is 9.18 Å². The van der Waals surface area contributed by atoms with Crippen molar-refractivity contribution >= 4 is 33.4 Å². The van der Waals surface area contributed by atoms with Crippen LogP contribution in [-0.2, 0) is 4.79 Å². The molecule has 0 bridgehead atoms. The van der Waals surface area contributed by atoms with Crippen LogP contribution in [0.25, 0.3) is 55.6 Å². The molecule has 4 aromatic heterocycles. The Labute approximate surface area is 229 Å². The highest BCUT2D eigenvalue weighted by atomic mass is 19.1. The Morgan fingerprint density at radius 2 is 1.62 bits per heavy atom. The molecule has 40 heavy (non-hydrogen) atoms. The smallest absolute Gasteiger partial charge is 0.227 e. The SMILES string of the molecule is O=C(Nc1cncc(-c2ccc3[nH]nc(-c4cc5c(-c6ccc(F)cc6)nccc5[nH]4)c3c2)c1)C1CCCCC1. The number of hydrogen-bond acceptors (Lipinski definition) is 4. The normalized spacial score (nSPS) is 14.1. The minimum Gasteiger partial charge on any atom is -0.353 e. The summed E-state index contributed by atoms with van der Waals surface area (Å²) in [5.41, 5.74) is 7.67. The minimum atomic E-state index is -0.281. The van der Waals surface area contributed by atoms with E-state index in [1.807, 2.05) is 30.3 Å². The van der Waals surface area contributed by atoms with Gasteiger partial charge in [0.15, 0.2) is 0 Å². The van der Waals surface area contributed by atoms with Crippen LogP contribution in [0.4, 0.5) is 10.1 Å². The van der Waals surface area contributed by atoms with E-state index in [2.05, 4.69) is 36.5 Å². The first kappa shape index (κ1) is 24.2. The topological polar surface area (TPSA) is 99.3 Å². The Hall–Kier alpha value is -4.85. The predicted octanol–water partition coefficient (Wildman–Crippen LogP) is 7.49. The number of carbonyl (C=O) groups is 1. The number of amides is 1. The molecule has 8 heteroatoms. The van der Waals surface area contributed by atoms with Gasteiger partial charge in [0, 0.05) is 45.7 Å². The van der Waals surface area contributed by atoms with E-state index in [-0.39, 0.29) is 17.6 Å². The highest BCUT2D eigenvalue weighted by Gasteiger charge is 2.21. The van der Waals surface area contributed by atoms with Gasteiger partial charge in [-0.3, -0.25) is 19.9 Å². The van der Waals surface area contributed by atoms with E-state index in [4.69, 9.17) is 0 Å². The van der Waals surface area contributed by atoms with Crippen molar-refractivity contribution in [2.45, 2.75) is 32.1 Å². The molecule has 1 amide bonds. The number of benzene rings is 2. The first-order valence-corrected chi connectivity index (χ1v) is 13.6. The quantitative estimate of drug-likeness (QED) is 0.215. The Balaban J connectivity index is 1.22. The van der Waals surface area contributed by atoms with Crippen molar-refractivity contribution in [2.75, 3.05) is 5.32 Å². The van der Waals surface area contributed by atoms with E-state index in [1.165, 1.54) is 18.6 Å². The summed E-state index contributed by atoms with van der Waals surface area (Å²) in [7, 11) is 0. The van der Waals surface area contributed by atoms with Crippen LogP contribution >= 0.6 is 0 Å². The van der Waals surface area contributed by atoms with Gasteiger partial charge < -0.3 is 10.3 Å². The molecule has 0 saturated heterocycles. The molecule has 0 aliphatic heterocycles. The number of H-pyrrole nitrogens is 2. The van der Waals surface area contributed by atoms with Crippen LogP contribution in [0.1, 0.15) is 32.1 Å². The molecule has 7 rings (SSSR count). The number of aromatic nitrogens is 5. The number of fused-ring (bicyclic) bond motifs is 2. The lowest BCUT2D eigenvalue weighted by atomic mass is 9.88. The van der Waals surface area contributed by atoms with Crippen LogP contribution in [-0.4, -0.2) is 31.1 Å². The Kier molecular flexibility index (Phi) is 6.07. The first-order chi connectivity index (χ1) is 19.6. The lowest BCUT2D eigenvalue weighted by Gasteiger charge is -2.20. The summed E-state index contributed by atoms with van der Waals surface area (Å²) in [4.78, 5) is 25.2. The number of hydrogen-bond donors (Lipinski definition) is 3. The summed E-state index contributed by atoms with van der Waals surface area (Å²) in [6.45, 7) is 0. The summed E-state index contributed by atoms with van der Waals surface area (Å²) in [6.07, 6.45) is 10.6. The number of nitrogens with zero attached hydrogens (tertiary/aromatic N) is 3. The molecular formula is C32H27FN6O. The molecule has 0 spiro atoms. The average Bonchev–Trinajstić information content (AvgIpc) is 3.62. The molecule has 1 aliphatic carbocycles. The van der Waals surface area contributed by atoms with Gasteiger partial charge in [-0.15, -0.1) is 0 Å². The predicted molar refractivity (Wildman–Crippen MR) is 155 cm³/mol. The second-order valence-electron chi connectivity index (χ2n) is 10.4. The van der Waals surface area contributed by atoms with Crippen molar-refractivity contribution in [2.24, 2.45) is 5.92 Å². The Bertz CT molecular complexity index is 1850. The molecule has 1 aliphatic rings. The molecule has 0 radical (unpaired) electrons. The highest BCUT2D eigenvalue weighted by molar-refractivity contribution is 6.01. The van der Waals surface area contributed by atoms with Gasteiger partial charge in [-0.25, -0.2) is 4.39 Å². The number of aromatic amines is 2. The van der Waals surface area contributed by atoms with E-state index in [1.54, 1.807) is 30.7 Å². The van der Waals surface area contributed by atoms with Crippen molar-refractivity contribution in [1.82, 2.24) is 25.1 Å². The van der Waals surface area contributed by atoms with E-state index in [0.29, 0.717) is 5.69 Å². The third kappa shape index (κ3) is 4.51. The maximum Gasteiger partial charge on any atom is 0.227 e. The van der Waals surface area contributed by atoms with Gasteiger partial charge in [-0.1, -0.05) is 25.3 Å². The second kappa shape index (κ2) is 10.0. The number of carbonyl (C=O) groups excluding carboxylic acids is 1. The lowest BCUT2D eigenvalue weighted by Crippen LogP contribution is -2.24. The molecule has 3 N–H and O–H groups in total. The number of nitrogens with one attached hydrogen (secondary N) is 3. The van der Waals surface area contributed by atoms with Gasteiger partial charge >= 0.3 is 0 Å². The minimum absolute atomic E-state index is 0.0809. The molecular weight excluding hydrogens is 503 g/mol. The largest absolute Gasteiger partial charge is 0.353 e. The molecule has 1 fully saturated rings. The summed E-state index contributed by atoms with van der Waals surface area (Å²) in [6, 6.07) is 18.4. The van der Waals surface area contributed by atoms with Crippen LogP contribution in [0.5, 0.6) is 0 Å². The van der Waals surface area contributed by atoms with E-state index in [0.717, 1.165) is 81.3 Å². The maximum absolute atomic E-state index is 13.5. The monoisotopic (exact) mass is 530 g/mol. The summed E-state index contributed by atoms with van der Waals surface area (Å²) >= 11 is 0. The summed E-state index contributed by atoms with van der Waals surface area (Å²) < 4.78 is 13.5. The third-order valence-electron chi connectivity index (χ3n) is 7.80. The molecule has 4 heterocycles. The molecule has 2 aromatic carbocycles. The van der Waals surface area contributed by atoms with Crippen LogP contribution in [0.3, 0.4) is 0 Å². The number of halogens is 1. The van der Waals surface area contributed by atoms with Crippen LogP contribution in [0, 0.1) is 11.7 Å². The van der Waals surface area contributed by atoms with Crippen molar-refractivity contribution in [3.63, 3.8) is 0 Å². The van der Waals surface area contributed by atoms with Crippen molar-refractivity contribution in [1.29, 1.82) is 0 Å². The van der Waals surface area contributed by atoms with Gasteiger partial charge in [-0.05, 0) is 73.0 Å². The fraction of sp³-hybridized carbons (Fsp3) is 0.188. The van der Waals surface area contributed by atoms with Crippen LogP contribution in [0.15, 0.2) is 79.3 Å². The third-order valence-corrected chi connectivity index (χ3v) is 7.80. The molecule has 1 saturated carbocycles. The first-order valence-electron chi connectivity index (χ1n) is 13.6. The van der Waals surface area contributed by atoms with Gasteiger partial charge in [-0.2, -0.15) is 5.10 Å². The molecule has 0 atom stereocenters. The van der Waals surface area contributed by atoms with E-state index >= 15 is 0 Å². The van der Waals surface area contributed by atoms with Crippen molar-refractivity contribution < 1.29 is 9.18 Å². The number of anilines is 1. The molecule has 6 aromatic rings. The Morgan fingerprint density at radius 1 is 0.825 bits per heavy atom. The summed E-state index contributed by atoms with van der Waals surface area (Å²) in [5, 5.41) is 12.7. The van der Waals surface area contributed by atoms with Crippen molar-refractivity contribution in [3.8, 4) is 33.8 Å². The zero-order valence-corrected chi connectivity index (χ0v) is 21.7. The fourth-order valence-corrected chi connectivity index (χ4v) is 5.69. The fourth-order valence-electron chi connectivity index (χ4n) is 5.69. The lowest BCUT2D eigenvalue weighted by molar-refractivity contribution is -0.120. The zero-order chi connectivity index (χ0) is 27.1. The maximum atomic E-state index is 13.5. The zero-order valence-electron chi connectivity index (χ0n) is 21.7. The van der Waals surface area contributed by atoms with Gasteiger partial charge in [0.2, 0.25) is 5.91 Å². The summed E-state index contributed by atoms with van der Waals surface area (Å²) in [5.74, 6) is -0.117. The van der Waals surface area contributed by atoms with Crippen LogP contribution < -0.4 is 5.32 Å². The van der Waals surface area contributed by atoms with Gasteiger partial charge in [0.25, 0.3) is 0 Å².